The third-order valence-corrected chi connectivity index (χ3v) is 13.4. The van der Waals surface area contributed by atoms with Crippen molar-refractivity contribution in [3.05, 3.63) is 105 Å². The highest BCUT2D eigenvalue weighted by Crippen LogP contribution is 2.35. The van der Waals surface area contributed by atoms with Crippen molar-refractivity contribution in [2.45, 2.75) is 101 Å². The van der Waals surface area contributed by atoms with Gasteiger partial charge in [-0.2, -0.15) is 0 Å². The van der Waals surface area contributed by atoms with Crippen LogP contribution in [0.4, 0.5) is 10.3 Å². The highest BCUT2D eigenvalue weighted by atomic mass is 19.1. The van der Waals surface area contributed by atoms with Gasteiger partial charge in [0, 0.05) is 54.5 Å². The lowest BCUT2D eigenvalue weighted by Gasteiger charge is -2.41. The Bertz CT molecular complexity index is 2550. The fourth-order valence-corrected chi connectivity index (χ4v) is 10.1. The van der Waals surface area contributed by atoms with Gasteiger partial charge >= 0.3 is 5.76 Å². The molecule has 0 bridgehead atoms. The van der Waals surface area contributed by atoms with E-state index in [2.05, 4.69) is 30.8 Å². The summed E-state index contributed by atoms with van der Waals surface area (Å²) in [4.78, 5) is 74.1. The maximum Gasteiger partial charge on any atom is 0.420 e. The van der Waals surface area contributed by atoms with Gasteiger partial charge in [-0.05, 0) is 125 Å². The van der Waals surface area contributed by atoms with Crippen LogP contribution in [-0.4, -0.2) is 73.4 Å². The Balaban J connectivity index is 0.727. The number of benzene rings is 2. The Morgan fingerprint density at radius 2 is 1.74 bits per heavy atom. The van der Waals surface area contributed by atoms with E-state index >= 15 is 4.39 Å². The first-order valence-corrected chi connectivity index (χ1v) is 21.7. The Kier molecular flexibility index (Phi) is 11.6. The molecule has 5 heterocycles. The van der Waals surface area contributed by atoms with Crippen molar-refractivity contribution in [2.75, 3.05) is 25.0 Å². The summed E-state index contributed by atoms with van der Waals surface area (Å²) in [6.07, 6.45) is 12.9. The quantitative estimate of drug-likeness (QED) is 0.145. The highest BCUT2D eigenvalue weighted by molar-refractivity contribution is 6.00. The second-order valence-corrected chi connectivity index (χ2v) is 17.2. The van der Waals surface area contributed by atoms with Gasteiger partial charge in [0.1, 0.15) is 11.7 Å². The number of carbonyl (C=O) groups excluding carboxylic acids is 3. The number of fused-ring (bicyclic) bond motifs is 1. The summed E-state index contributed by atoms with van der Waals surface area (Å²) in [7, 11) is 0. The van der Waals surface area contributed by atoms with Crippen molar-refractivity contribution in [1.29, 1.82) is 0 Å². The summed E-state index contributed by atoms with van der Waals surface area (Å²) in [6.45, 7) is 2.69. The van der Waals surface area contributed by atoms with Gasteiger partial charge in [-0.1, -0.05) is 30.7 Å². The van der Waals surface area contributed by atoms with Gasteiger partial charge < -0.3 is 20.0 Å². The van der Waals surface area contributed by atoms with E-state index in [9.17, 15) is 24.0 Å². The lowest BCUT2D eigenvalue weighted by Crippen LogP contribution is -2.44. The number of nitrogens with one attached hydrogen (secondary N) is 3. The Labute approximate surface area is 351 Å². The topological polar surface area (TPSA) is 173 Å². The van der Waals surface area contributed by atoms with Gasteiger partial charge in [-0.3, -0.25) is 33.6 Å². The van der Waals surface area contributed by atoms with Crippen LogP contribution in [0.5, 0.6) is 0 Å². The van der Waals surface area contributed by atoms with Gasteiger partial charge in [0.2, 0.25) is 23.7 Å². The van der Waals surface area contributed by atoms with Crippen molar-refractivity contribution in [3.63, 3.8) is 0 Å². The average Bonchev–Trinajstić information content (AvgIpc) is 3.61. The number of oxazole rings is 1. The lowest BCUT2D eigenvalue weighted by molar-refractivity contribution is -0.135. The molecule has 15 heteroatoms. The predicted octanol–water partition coefficient (Wildman–Crippen LogP) is 5.84. The van der Waals surface area contributed by atoms with E-state index in [1.807, 2.05) is 18.2 Å². The van der Waals surface area contributed by atoms with E-state index in [1.165, 1.54) is 15.2 Å². The predicted molar refractivity (Wildman–Crippen MR) is 227 cm³/mol. The zero-order valence-corrected chi connectivity index (χ0v) is 34.1. The van der Waals surface area contributed by atoms with E-state index in [0.29, 0.717) is 59.1 Å². The number of amides is 3. The fraction of sp³-hybridized carbons (Fsp3) is 0.457. The van der Waals surface area contributed by atoms with E-state index in [0.717, 1.165) is 82.6 Å². The van der Waals surface area contributed by atoms with Gasteiger partial charge in [0.25, 0.3) is 5.56 Å². The minimum Gasteiger partial charge on any atom is -0.408 e. The second-order valence-electron chi connectivity index (χ2n) is 17.2. The molecule has 2 aliphatic carbocycles. The standard InChI is InChI=1S/C46H51FN8O6/c47-36-27-49-45(52-42(36)31-5-4-8-35(24-31)54-20-2-1-9-41(54)57)50-33-7-3-6-32(23-33)43(58)48-26-28-10-13-34(14-11-28)53-21-18-29(19-22-53)30-12-15-37-39(25-30)61-46(60)55(37)38-16-17-40(56)51-44(38)59/h1-2,4-5,8-9,12,15,20,24-25,27-29,32-34,38H,3,6-7,10-11,13-14,16-19,21-23,26H2,(H,48,58)(H,49,50,52)(H,51,56,59)/t28?,32-,33+,34?,38?/m0/s1. The molecule has 4 fully saturated rings. The number of anilines is 1. The van der Waals surface area contributed by atoms with Crippen LogP contribution in [0.1, 0.15) is 94.6 Å². The molecule has 5 aromatic rings. The monoisotopic (exact) mass is 830 g/mol. The molecule has 61 heavy (non-hydrogen) atoms. The van der Waals surface area contributed by atoms with Gasteiger partial charge in [-0.15, -0.1) is 0 Å². The Morgan fingerprint density at radius 3 is 2.54 bits per heavy atom. The summed E-state index contributed by atoms with van der Waals surface area (Å²) >= 11 is 0. The number of hydrogen-bond donors (Lipinski definition) is 3. The molecule has 1 unspecified atom stereocenters. The van der Waals surface area contributed by atoms with Crippen LogP contribution in [0.25, 0.3) is 28.0 Å². The van der Waals surface area contributed by atoms with Crippen LogP contribution in [-0.2, 0) is 14.4 Å². The van der Waals surface area contributed by atoms with Crippen molar-refractivity contribution in [1.82, 2.24) is 34.6 Å². The van der Waals surface area contributed by atoms with Crippen LogP contribution in [0.15, 0.2) is 87.1 Å². The molecule has 2 aromatic carbocycles. The summed E-state index contributed by atoms with van der Waals surface area (Å²) in [5.41, 5.74) is 3.27. The molecule has 2 aliphatic heterocycles. The number of carbonyl (C=O) groups is 3. The molecule has 3 amide bonds. The fourth-order valence-electron chi connectivity index (χ4n) is 10.1. The molecular weight excluding hydrogens is 780 g/mol. The molecule has 2 saturated heterocycles. The molecule has 4 aliphatic rings. The molecule has 14 nitrogen and oxygen atoms in total. The third-order valence-electron chi connectivity index (χ3n) is 13.4. The normalized spacial score (nSPS) is 24.0. The van der Waals surface area contributed by atoms with E-state index in [4.69, 9.17) is 4.42 Å². The molecule has 318 valence electrons. The van der Waals surface area contributed by atoms with Crippen LogP contribution < -0.4 is 27.3 Å². The number of hydrogen-bond acceptors (Lipinski definition) is 10. The van der Waals surface area contributed by atoms with Crippen LogP contribution in [0, 0.1) is 17.7 Å². The highest BCUT2D eigenvalue weighted by Gasteiger charge is 2.34. The summed E-state index contributed by atoms with van der Waals surface area (Å²) in [5.74, 6) is -0.858. The van der Waals surface area contributed by atoms with Crippen molar-refractivity contribution < 1.29 is 23.2 Å². The second kappa shape index (κ2) is 17.6. The largest absolute Gasteiger partial charge is 0.420 e. The SMILES string of the molecule is O=C1CCC(n2c(=O)oc3cc(C4CCN(C5CCC(CNC(=O)[C@H]6CCC[C@@H](Nc7ncc(F)c(-c8cccc(-n9ccccc9=O)c8)n7)C6)CC5)CC4)ccc32)C(=O)N1. The number of imide groups is 1. The number of aromatic nitrogens is 4. The van der Waals surface area contributed by atoms with Crippen molar-refractivity contribution in [2.24, 2.45) is 11.8 Å². The van der Waals surface area contributed by atoms with E-state index in [-0.39, 0.29) is 47.9 Å². The summed E-state index contributed by atoms with van der Waals surface area (Å²) < 4.78 is 23.5. The number of likely N-dealkylation sites (tertiary alicyclic amines) is 1. The van der Waals surface area contributed by atoms with Gasteiger partial charge in [0.05, 0.1) is 11.7 Å². The lowest BCUT2D eigenvalue weighted by atomic mass is 9.82. The van der Waals surface area contributed by atoms with Crippen molar-refractivity contribution in [3.8, 4) is 16.9 Å². The maximum atomic E-state index is 15.0. The van der Waals surface area contributed by atoms with Crippen molar-refractivity contribution >= 4 is 34.8 Å². The molecular formula is C46H51FN8O6. The first-order chi connectivity index (χ1) is 29.7. The zero-order chi connectivity index (χ0) is 42.0. The Morgan fingerprint density at radius 1 is 0.902 bits per heavy atom. The van der Waals surface area contributed by atoms with Crippen LogP contribution in [0.3, 0.4) is 0 Å². The number of piperidine rings is 2. The Hall–Kier alpha value is -5.96. The smallest absolute Gasteiger partial charge is 0.408 e. The third kappa shape index (κ3) is 8.79. The number of rotatable bonds is 10. The van der Waals surface area contributed by atoms with Crippen LogP contribution in [0.2, 0.25) is 0 Å². The molecule has 0 spiro atoms. The van der Waals surface area contributed by atoms with E-state index < -0.39 is 23.5 Å². The number of pyridine rings is 1. The van der Waals surface area contributed by atoms with Gasteiger partial charge in [-0.25, -0.2) is 19.2 Å². The minimum absolute atomic E-state index is 0.0211. The minimum atomic E-state index is -0.755. The molecule has 0 radical (unpaired) electrons. The molecule has 3 atom stereocenters. The maximum absolute atomic E-state index is 15.0. The first-order valence-electron chi connectivity index (χ1n) is 21.7. The molecule has 2 saturated carbocycles. The zero-order valence-electron chi connectivity index (χ0n) is 34.1. The molecule has 3 N–H and O–H groups in total. The summed E-state index contributed by atoms with van der Waals surface area (Å²) in [5, 5.41) is 8.98. The number of nitrogens with zero attached hydrogens (tertiary/aromatic N) is 5. The average molecular weight is 831 g/mol. The summed E-state index contributed by atoms with van der Waals surface area (Å²) in [6, 6.07) is 17.6. The molecule has 3 aromatic heterocycles. The molecule has 9 rings (SSSR count). The number of halogens is 1. The van der Waals surface area contributed by atoms with Crippen LogP contribution >= 0.6 is 0 Å². The van der Waals surface area contributed by atoms with E-state index in [1.54, 1.807) is 42.6 Å². The first kappa shape index (κ1) is 40.4. The van der Waals surface area contributed by atoms with Gasteiger partial charge in [0.15, 0.2) is 11.4 Å².